The topological polar surface area (TPSA) is 41.4 Å². The number of piperidine rings is 1. The van der Waals surface area contributed by atoms with Gasteiger partial charge in [-0.3, -0.25) is 14.4 Å². The van der Waals surface area contributed by atoms with Crippen LogP contribution < -0.4 is 0 Å². The van der Waals surface area contributed by atoms with Crippen LogP contribution in [0.15, 0.2) is 23.6 Å². The summed E-state index contributed by atoms with van der Waals surface area (Å²) in [6.45, 7) is 7.75. The van der Waals surface area contributed by atoms with Gasteiger partial charge in [-0.05, 0) is 50.2 Å². The van der Waals surface area contributed by atoms with Gasteiger partial charge in [0.1, 0.15) is 5.69 Å². The molecule has 1 fully saturated rings. The van der Waals surface area contributed by atoms with Gasteiger partial charge < -0.3 is 4.90 Å². The van der Waals surface area contributed by atoms with Gasteiger partial charge in [0.05, 0.1) is 5.69 Å². The van der Waals surface area contributed by atoms with Crippen molar-refractivity contribution in [1.82, 2.24) is 19.6 Å². The van der Waals surface area contributed by atoms with Crippen molar-refractivity contribution < 1.29 is 4.79 Å². The zero-order chi connectivity index (χ0) is 17.2. The minimum atomic E-state index is 0.144. The van der Waals surface area contributed by atoms with Crippen molar-refractivity contribution in [3.8, 4) is 0 Å². The molecule has 2 aromatic rings. The van der Waals surface area contributed by atoms with Crippen LogP contribution in [-0.2, 0) is 13.1 Å². The Hall–Kier alpha value is -1.66. The molecule has 4 rings (SSSR count). The summed E-state index contributed by atoms with van der Waals surface area (Å²) in [4.78, 5) is 18.6. The van der Waals surface area contributed by atoms with E-state index in [1.807, 2.05) is 20.9 Å². The lowest BCUT2D eigenvalue weighted by Gasteiger charge is -2.31. The standard InChI is InChI=1S/C19H26N4OS/c1-2-22-9-5-10-23-18(19(22)24)12-17(20-23)15-6-3-8-21(13-15)14-16-7-4-11-25-16/h4,7,11-12,15H,2-3,5-6,8-10,13-14H2,1H3. The first-order valence-corrected chi connectivity index (χ1v) is 10.2. The molecule has 0 aliphatic carbocycles. The number of carbonyl (C=O) groups is 1. The molecule has 0 N–H and O–H groups in total. The van der Waals surface area contributed by atoms with Crippen molar-refractivity contribution in [3.05, 3.63) is 39.8 Å². The van der Waals surface area contributed by atoms with Crippen LogP contribution in [0.5, 0.6) is 0 Å². The van der Waals surface area contributed by atoms with Crippen LogP contribution in [0.25, 0.3) is 0 Å². The molecule has 1 atom stereocenters. The predicted octanol–water partition coefficient (Wildman–Crippen LogP) is 3.19. The Morgan fingerprint density at radius 3 is 3.00 bits per heavy atom. The predicted molar refractivity (Wildman–Crippen MR) is 100.0 cm³/mol. The Kier molecular flexibility index (Phi) is 4.90. The zero-order valence-corrected chi connectivity index (χ0v) is 15.7. The molecule has 0 saturated carbocycles. The summed E-state index contributed by atoms with van der Waals surface area (Å²) >= 11 is 1.83. The third-order valence-corrected chi connectivity index (χ3v) is 6.23. The zero-order valence-electron chi connectivity index (χ0n) is 14.9. The minimum Gasteiger partial charge on any atom is -0.338 e. The lowest BCUT2D eigenvalue weighted by atomic mass is 9.94. The van der Waals surface area contributed by atoms with E-state index in [0.717, 1.165) is 57.1 Å². The van der Waals surface area contributed by atoms with Crippen molar-refractivity contribution in [1.29, 1.82) is 0 Å². The molecule has 134 valence electrons. The fraction of sp³-hybridized carbons (Fsp3) is 0.579. The minimum absolute atomic E-state index is 0.144. The van der Waals surface area contributed by atoms with Gasteiger partial charge in [-0.2, -0.15) is 5.10 Å². The van der Waals surface area contributed by atoms with E-state index >= 15 is 0 Å². The third-order valence-electron chi connectivity index (χ3n) is 5.37. The molecule has 0 radical (unpaired) electrons. The first-order valence-electron chi connectivity index (χ1n) is 9.36. The number of fused-ring (bicyclic) bond motifs is 1. The van der Waals surface area contributed by atoms with Gasteiger partial charge in [0.2, 0.25) is 0 Å². The lowest BCUT2D eigenvalue weighted by molar-refractivity contribution is 0.0766. The van der Waals surface area contributed by atoms with Crippen LogP contribution in [0.3, 0.4) is 0 Å². The highest BCUT2D eigenvalue weighted by Crippen LogP contribution is 2.29. The van der Waals surface area contributed by atoms with Gasteiger partial charge in [-0.15, -0.1) is 11.3 Å². The van der Waals surface area contributed by atoms with E-state index in [-0.39, 0.29) is 5.91 Å². The number of carbonyl (C=O) groups excluding carboxylic acids is 1. The Morgan fingerprint density at radius 2 is 2.20 bits per heavy atom. The van der Waals surface area contributed by atoms with Crippen molar-refractivity contribution in [2.24, 2.45) is 0 Å². The maximum atomic E-state index is 12.7. The quantitative estimate of drug-likeness (QED) is 0.843. The van der Waals surface area contributed by atoms with E-state index in [4.69, 9.17) is 5.10 Å². The smallest absolute Gasteiger partial charge is 0.272 e. The van der Waals surface area contributed by atoms with E-state index < -0.39 is 0 Å². The Bertz CT molecular complexity index is 724. The number of amides is 1. The monoisotopic (exact) mass is 358 g/mol. The molecule has 5 nitrogen and oxygen atoms in total. The molecular formula is C19H26N4OS. The summed E-state index contributed by atoms with van der Waals surface area (Å²) < 4.78 is 1.95. The summed E-state index contributed by atoms with van der Waals surface area (Å²) in [5, 5.41) is 6.98. The molecule has 25 heavy (non-hydrogen) atoms. The second-order valence-corrected chi connectivity index (χ2v) is 8.10. The number of thiophene rings is 1. The van der Waals surface area contributed by atoms with E-state index in [0.29, 0.717) is 5.92 Å². The van der Waals surface area contributed by atoms with Crippen LogP contribution in [-0.4, -0.2) is 51.7 Å². The fourth-order valence-corrected chi connectivity index (χ4v) is 4.77. The number of likely N-dealkylation sites (tertiary alicyclic amines) is 1. The number of hydrogen-bond acceptors (Lipinski definition) is 4. The first-order chi connectivity index (χ1) is 12.2. The van der Waals surface area contributed by atoms with Crippen LogP contribution in [0.4, 0.5) is 0 Å². The molecule has 1 saturated heterocycles. The molecule has 2 aromatic heterocycles. The van der Waals surface area contributed by atoms with Crippen molar-refractivity contribution in [2.45, 2.75) is 45.2 Å². The molecule has 2 aliphatic heterocycles. The van der Waals surface area contributed by atoms with Crippen molar-refractivity contribution in [2.75, 3.05) is 26.2 Å². The van der Waals surface area contributed by atoms with Gasteiger partial charge in [0.15, 0.2) is 0 Å². The molecule has 6 heteroatoms. The number of aryl methyl sites for hydroxylation is 1. The fourth-order valence-electron chi connectivity index (χ4n) is 4.02. The molecule has 1 unspecified atom stereocenters. The van der Waals surface area contributed by atoms with Crippen LogP contribution in [0.2, 0.25) is 0 Å². The van der Waals surface area contributed by atoms with E-state index in [2.05, 4.69) is 35.4 Å². The van der Waals surface area contributed by atoms with Gasteiger partial charge in [-0.25, -0.2) is 0 Å². The maximum absolute atomic E-state index is 12.7. The SMILES string of the molecule is CCN1CCCn2nc(C3CCCN(Cc4cccs4)C3)cc2C1=O. The lowest BCUT2D eigenvalue weighted by Crippen LogP contribution is -2.33. The molecule has 0 spiro atoms. The molecule has 4 heterocycles. The van der Waals surface area contributed by atoms with Gasteiger partial charge in [-0.1, -0.05) is 6.07 Å². The van der Waals surface area contributed by atoms with E-state index in [9.17, 15) is 4.79 Å². The molecule has 2 aliphatic rings. The van der Waals surface area contributed by atoms with Crippen LogP contribution in [0, 0.1) is 0 Å². The maximum Gasteiger partial charge on any atom is 0.272 e. The summed E-state index contributed by atoms with van der Waals surface area (Å²) in [6, 6.07) is 6.40. The molecule has 0 aromatic carbocycles. The molecule has 1 amide bonds. The van der Waals surface area contributed by atoms with Crippen molar-refractivity contribution >= 4 is 17.2 Å². The highest BCUT2D eigenvalue weighted by molar-refractivity contribution is 7.09. The van der Waals surface area contributed by atoms with Gasteiger partial charge in [0, 0.05) is 43.5 Å². The number of nitrogens with zero attached hydrogens (tertiary/aromatic N) is 4. The largest absolute Gasteiger partial charge is 0.338 e. The molecular weight excluding hydrogens is 332 g/mol. The van der Waals surface area contributed by atoms with Crippen LogP contribution >= 0.6 is 11.3 Å². The second-order valence-electron chi connectivity index (χ2n) is 7.07. The van der Waals surface area contributed by atoms with E-state index in [1.54, 1.807) is 0 Å². The summed E-state index contributed by atoms with van der Waals surface area (Å²) in [7, 11) is 0. The Balaban J connectivity index is 1.50. The van der Waals surface area contributed by atoms with Crippen molar-refractivity contribution in [3.63, 3.8) is 0 Å². The average molecular weight is 359 g/mol. The second kappa shape index (κ2) is 7.30. The molecule has 0 bridgehead atoms. The van der Waals surface area contributed by atoms with E-state index in [1.165, 1.54) is 17.7 Å². The summed E-state index contributed by atoms with van der Waals surface area (Å²) in [5.41, 5.74) is 1.89. The average Bonchev–Trinajstić information content (AvgIpc) is 3.26. The van der Waals surface area contributed by atoms with Gasteiger partial charge >= 0.3 is 0 Å². The van der Waals surface area contributed by atoms with Crippen LogP contribution in [0.1, 0.15) is 53.2 Å². The van der Waals surface area contributed by atoms with Gasteiger partial charge in [0.25, 0.3) is 5.91 Å². The first kappa shape index (κ1) is 16.8. The third kappa shape index (κ3) is 3.51. The summed E-state index contributed by atoms with van der Waals surface area (Å²) in [6.07, 6.45) is 3.36. The highest BCUT2D eigenvalue weighted by Gasteiger charge is 2.28. The Morgan fingerprint density at radius 1 is 1.28 bits per heavy atom. The summed E-state index contributed by atoms with van der Waals surface area (Å²) in [5.74, 6) is 0.584. The normalized spacial score (nSPS) is 22.0. The number of rotatable bonds is 4. The number of hydrogen-bond donors (Lipinski definition) is 0. The highest BCUT2D eigenvalue weighted by atomic mass is 32.1. The number of aromatic nitrogens is 2. The Labute approximate surface area is 153 Å².